The number of aliphatic hydroxyl groups is 1. The van der Waals surface area contributed by atoms with Crippen molar-refractivity contribution in [3.8, 4) is 5.75 Å². The quantitative estimate of drug-likeness (QED) is 0.620. The molecule has 0 unspecified atom stereocenters. The van der Waals surface area contributed by atoms with Crippen molar-refractivity contribution in [2.45, 2.75) is 70.2 Å². The van der Waals surface area contributed by atoms with Crippen LogP contribution in [-0.4, -0.2) is 78.7 Å². The molecule has 4 atom stereocenters. The van der Waals surface area contributed by atoms with Crippen LogP contribution in [0.1, 0.15) is 46.1 Å². The minimum atomic E-state index is -0.826. The zero-order valence-corrected chi connectivity index (χ0v) is 20.3. The van der Waals surface area contributed by atoms with Crippen molar-refractivity contribution in [3.05, 3.63) is 42.5 Å². The Morgan fingerprint density at radius 3 is 2.55 bits per heavy atom. The normalized spacial score (nSPS) is 27.3. The molecule has 2 heterocycles. The van der Waals surface area contributed by atoms with Crippen LogP contribution in [0.2, 0.25) is 0 Å². The van der Waals surface area contributed by atoms with Gasteiger partial charge in [-0.1, -0.05) is 24.8 Å². The fourth-order valence-corrected chi connectivity index (χ4v) is 4.08. The fraction of sp³-hybridized carbons (Fsp3) is 0.640. The molecular formula is C25H37NO7. The average molecular weight is 464 g/mol. The number of benzene rings is 1. The summed E-state index contributed by atoms with van der Waals surface area (Å²) >= 11 is 0. The first-order chi connectivity index (χ1) is 15.5. The molecule has 0 aliphatic carbocycles. The minimum Gasteiger partial charge on any atom is -0.490 e. The monoisotopic (exact) mass is 463 g/mol. The molecule has 0 aromatic heterocycles. The van der Waals surface area contributed by atoms with Crippen LogP contribution in [0.3, 0.4) is 0 Å². The molecule has 2 saturated heterocycles. The lowest BCUT2D eigenvalue weighted by Crippen LogP contribution is -2.55. The number of hydrogen-bond acceptors (Lipinski definition) is 7. The van der Waals surface area contributed by atoms with E-state index in [0.717, 1.165) is 11.3 Å². The van der Waals surface area contributed by atoms with E-state index in [4.69, 9.17) is 23.7 Å². The number of β-amino-alcohol motifs (C(OH)–C–C–N with tert-alkyl or cyclic N) is 1. The maximum absolute atomic E-state index is 12.7. The third-order valence-electron chi connectivity index (χ3n) is 5.47. The molecular weight excluding hydrogens is 426 g/mol. The Hall–Kier alpha value is -2.13. The van der Waals surface area contributed by atoms with Crippen LogP contribution in [0.15, 0.2) is 36.9 Å². The lowest BCUT2D eigenvalue weighted by molar-refractivity contribution is -0.152. The Bertz CT molecular complexity index is 802. The molecule has 184 valence electrons. The summed E-state index contributed by atoms with van der Waals surface area (Å²) < 4.78 is 28.8. The van der Waals surface area contributed by atoms with Crippen LogP contribution < -0.4 is 4.74 Å². The number of ether oxygens (including phenoxy) is 5. The van der Waals surface area contributed by atoms with E-state index in [1.807, 2.05) is 58.9 Å². The van der Waals surface area contributed by atoms with Crippen LogP contribution in [0.25, 0.3) is 0 Å². The van der Waals surface area contributed by atoms with E-state index in [2.05, 4.69) is 6.58 Å². The lowest BCUT2D eigenvalue weighted by atomic mass is 9.84. The summed E-state index contributed by atoms with van der Waals surface area (Å²) in [5.41, 5.74) is 0.281. The summed E-state index contributed by atoms with van der Waals surface area (Å²) in [6, 6.07) is 7.56. The predicted octanol–water partition coefficient (Wildman–Crippen LogP) is 3.48. The second kappa shape index (κ2) is 10.4. The Balaban J connectivity index is 1.75. The van der Waals surface area contributed by atoms with Crippen molar-refractivity contribution >= 4 is 6.09 Å². The molecule has 0 saturated carbocycles. The molecule has 0 bridgehead atoms. The van der Waals surface area contributed by atoms with E-state index in [1.54, 1.807) is 6.08 Å². The largest absolute Gasteiger partial charge is 0.490 e. The second-order valence-electron chi connectivity index (χ2n) is 9.97. The van der Waals surface area contributed by atoms with E-state index in [-0.39, 0.29) is 18.6 Å². The predicted molar refractivity (Wildman–Crippen MR) is 123 cm³/mol. The van der Waals surface area contributed by atoms with Gasteiger partial charge in [-0.15, -0.1) is 0 Å². The maximum Gasteiger partial charge on any atom is 0.410 e. The summed E-state index contributed by atoms with van der Waals surface area (Å²) in [5, 5.41) is 11.1. The second-order valence-corrected chi connectivity index (χ2v) is 9.97. The first-order valence-corrected chi connectivity index (χ1v) is 11.4. The van der Waals surface area contributed by atoms with Crippen molar-refractivity contribution in [1.29, 1.82) is 0 Å². The number of hydrogen-bond donors (Lipinski definition) is 1. The van der Waals surface area contributed by atoms with Crippen molar-refractivity contribution < 1.29 is 33.6 Å². The van der Waals surface area contributed by atoms with Gasteiger partial charge in [0.1, 0.15) is 24.1 Å². The van der Waals surface area contributed by atoms with Gasteiger partial charge in [0.25, 0.3) is 0 Å². The Morgan fingerprint density at radius 1 is 1.27 bits per heavy atom. The van der Waals surface area contributed by atoms with Crippen LogP contribution in [-0.2, 0) is 18.9 Å². The molecule has 8 heteroatoms. The summed E-state index contributed by atoms with van der Waals surface area (Å²) in [7, 11) is 0. The molecule has 1 amide bonds. The topological polar surface area (TPSA) is 86.7 Å². The molecule has 0 spiro atoms. The highest BCUT2D eigenvalue weighted by Gasteiger charge is 2.42. The number of aliphatic hydroxyl groups excluding tert-OH is 1. The zero-order valence-electron chi connectivity index (χ0n) is 20.3. The van der Waals surface area contributed by atoms with Gasteiger partial charge in [-0.05, 0) is 52.3 Å². The van der Waals surface area contributed by atoms with Gasteiger partial charge in [0.2, 0.25) is 0 Å². The van der Waals surface area contributed by atoms with Gasteiger partial charge in [-0.3, -0.25) is 0 Å². The van der Waals surface area contributed by atoms with E-state index in [0.29, 0.717) is 26.4 Å². The van der Waals surface area contributed by atoms with Gasteiger partial charge in [-0.2, -0.15) is 0 Å². The molecule has 1 aromatic rings. The Labute approximate surface area is 196 Å². The summed E-state index contributed by atoms with van der Waals surface area (Å²) in [5.74, 6) is -0.258. The number of nitrogens with zero attached hydrogens (tertiary/aromatic N) is 1. The van der Waals surface area contributed by atoms with Crippen molar-refractivity contribution in [2.24, 2.45) is 0 Å². The first-order valence-electron chi connectivity index (χ1n) is 11.4. The van der Waals surface area contributed by atoms with Gasteiger partial charge < -0.3 is 33.7 Å². The Kier molecular flexibility index (Phi) is 8.05. The fourth-order valence-electron chi connectivity index (χ4n) is 4.08. The molecule has 3 rings (SSSR count). The van der Waals surface area contributed by atoms with Crippen LogP contribution >= 0.6 is 0 Å². The van der Waals surface area contributed by atoms with Crippen LogP contribution in [0.5, 0.6) is 5.75 Å². The Morgan fingerprint density at radius 2 is 1.97 bits per heavy atom. The number of amides is 1. The molecule has 2 fully saturated rings. The van der Waals surface area contributed by atoms with E-state index in [9.17, 15) is 9.90 Å². The van der Waals surface area contributed by atoms with Gasteiger partial charge in [0.15, 0.2) is 5.79 Å². The third-order valence-corrected chi connectivity index (χ3v) is 5.47. The molecule has 8 nitrogen and oxygen atoms in total. The van der Waals surface area contributed by atoms with E-state index < -0.39 is 29.7 Å². The first kappa shape index (κ1) is 25.5. The van der Waals surface area contributed by atoms with Gasteiger partial charge >= 0.3 is 6.09 Å². The highest BCUT2D eigenvalue weighted by molar-refractivity contribution is 5.68. The molecule has 33 heavy (non-hydrogen) atoms. The number of likely N-dealkylation sites (tertiary alicyclic amines) is 1. The summed E-state index contributed by atoms with van der Waals surface area (Å²) in [6.07, 6.45) is -0.279. The zero-order chi connectivity index (χ0) is 24.2. The van der Waals surface area contributed by atoms with Crippen LogP contribution in [0.4, 0.5) is 4.79 Å². The van der Waals surface area contributed by atoms with Gasteiger partial charge in [0, 0.05) is 5.92 Å². The average Bonchev–Trinajstić information content (AvgIpc) is 3.08. The molecule has 0 radical (unpaired) electrons. The van der Waals surface area contributed by atoms with Crippen molar-refractivity contribution in [2.75, 3.05) is 32.9 Å². The highest BCUT2D eigenvalue weighted by Crippen LogP contribution is 2.33. The standard InChI is InChI=1S/C25H37NO7/c1-7-12-29-18-10-8-17(9-11-18)22-20(27)13-26(23(28)33-24(2,3)4)14-21(22)30-15-19-16-31-25(5,6)32-19/h7-11,19-22,27H,1,12-16H2,2-6H3/t19-,20-,21+,22+/m0/s1. The SMILES string of the molecule is C=CCOc1ccc([C@@H]2[C@@H](O)CN(C(=O)OC(C)(C)C)C[C@H]2OC[C@H]2COC(C)(C)O2)cc1. The number of carbonyl (C=O) groups is 1. The van der Waals surface area contributed by atoms with Crippen LogP contribution in [0, 0.1) is 0 Å². The molecule has 2 aliphatic rings. The summed E-state index contributed by atoms with van der Waals surface area (Å²) in [6.45, 7) is 14.4. The maximum atomic E-state index is 12.7. The summed E-state index contributed by atoms with van der Waals surface area (Å²) in [4.78, 5) is 14.2. The molecule has 1 aromatic carbocycles. The van der Waals surface area contributed by atoms with Gasteiger partial charge in [-0.25, -0.2) is 4.79 Å². The van der Waals surface area contributed by atoms with Crippen molar-refractivity contribution in [3.63, 3.8) is 0 Å². The van der Waals surface area contributed by atoms with E-state index in [1.165, 1.54) is 4.90 Å². The number of rotatable bonds is 7. The highest BCUT2D eigenvalue weighted by atomic mass is 16.7. The molecule has 2 aliphatic heterocycles. The third kappa shape index (κ3) is 7.17. The van der Waals surface area contributed by atoms with Crippen molar-refractivity contribution in [1.82, 2.24) is 4.90 Å². The smallest absolute Gasteiger partial charge is 0.410 e. The molecule has 1 N–H and O–H groups in total. The number of carbonyl (C=O) groups excluding carboxylic acids is 1. The van der Waals surface area contributed by atoms with E-state index >= 15 is 0 Å². The van der Waals surface area contributed by atoms with Gasteiger partial charge in [0.05, 0.1) is 38.5 Å². The minimum absolute atomic E-state index is 0.157. The lowest BCUT2D eigenvalue weighted by Gasteiger charge is -2.42. The number of piperidine rings is 1.